The van der Waals surface area contributed by atoms with Gasteiger partial charge in [-0.2, -0.15) is 4.98 Å². The largest absolute Gasteiger partial charge is 0.497 e. The van der Waals surface area contributed by atoms with Gasteiger partial charge in [0.1, 0.15) is 11.5 Å². The average molecular weight is 450 g/mol. The van der Waals surface area contributed by atoms with Crippen molar-refractivity contribution in [1.29, 1.82) is 0 Å². The fraction of sp³-hybridized carbons (Fsp3) is 0.304. The first-order chi connectivity index (χ1) is 15.7. The highest BCUT2D eigenvalue weighted by atomic mass is 32.2. The summed E-state index contributed by atoms with van der Waals surface area (Å²) in [5.74, 6) is 4.17. The van der Waals surface area contributed by atoms with Gasteiger partial charge in [0, 0.05) is 17.2 Å². The summed E-state index contributed by atoms with van der Waals surface area (Å²) < 4.78 is 18.2. The van der Waals surface area contributed by atoms with Crippen molar-refractivity contribution in [3.8, 4) is 28.6 Å². The Morgan fingerprint density at radius 2 is 1.62 bits per heavy atom. The molecule has 1 aliphatic rings. The molecular weight excluding hydrogens is 426 g/mol. The van der Waals surface area contributed by atoms with Gasteiger partial charge in [-0.1, -0.05) is 16.9 Å². The minimum atomic E-state index is -0.0695. The first kappa shape index (κ1) is 20.6. The van der Waals surface area contributed by atoms with Gasteiger partial charge >= 0.3 is 0 Å². The Labute approximate surface area is 190 Å². The number of thioether (sulfide) groups is 1. The lowest BCUT2D eigenvalue weighted by Gasteiger charge is -2.12. The molecule has 9 heteroatoms. The van der Waals surface area contributed by atoms with Crippen LogP contribution in [0.2, 0.25) is 0 Å². The third-order valence-electron chi connectivity index (χ3n) is 5.34. The standard InChI is InChI=1S/C23H23N5O3S/c1-14(22-24-20(27-31-22)15-4-5-15)32-23-26-25-21(16-6-10-18(29-2)11-7-16)28(23)17-8-12-19(30-3)13-9-17/h6-15H,4-5H2,1-3H3. The summed E-state index contributed by atoms with van der Waals surface area (Å²) in [7, 11) is 3.30. The third kappa shape index (κ3) is 4.08. The molecule has 1 saturated carbocycles. The molecule has 32 heavy (non-hydrogen) atoms. The Bertz CT molecular complexity index is 1200. The van der Waals surface area contributed by atoms with E-state index in [1.165, 1.54) is 11.8 Å². The smallest absolute Gasteiger partial charge is 0.239 e. The fourth-order valence-electron chi connectivity index (χ4n) is 3.37. The normalized spacial score (nSPS) is 14.3. The van der Waals surface area contributed by atoms with Crippen LogP contribution in [0.3, 0.4) is 0 Å². The van der Waals surface area contributed by atoms with E-state index in [4.69, 9.17) is 14.0 Å². The quantitative estimate of drug-likeness (QED) is 0.345. The Morgan fingerprint density at radius 1 is 0.969 bits per heavy atom. The fourth-order valence-corrected chi connectivity index (χ4v) is 4.26. The molecule has 0 spiro atoms. The van der Waals surface area contributed by atoms with Crippen molar-refractivity contribution in [3.05, 3.63) is 60.2 Å². The van der Waals surface area contributed by atoms with Crippen molar-refractivity contribution < 1.29 is 14.0 Å². The first-order valence-corrected chi connectivity index (χ1v) is 11.3. The molecule has 1 aliphatic carbocycles. The Hall–Kier alpha value is -3.33. The van der Waals surface area contributed by atoms with E-state index < -0.39 is 0 Å². The van der Waals surface area contributed by atoms with Crippen molar-refractivity contribution in [3.63, 3.8) is 0 Å². The van der Waals surface area contributed by atoms with Crippen LogP contribution in [0.1, 0.15) is 42.6 Å². The predicted molar refractivity (Wildman–Crippen MR) is 120 cm³/mol. The Kier molecular flexibility index (Phi) is 5.57. The Balaban J connectivity index is 1.51. The molecule has 0 aliphatic heterocycles. The van der Waals surface area contributed by atoms with Crippen LogP contribution in [-0.2, 0) is 0 Å². The number of benzene rings is 2. The highest BCUT2D eigenvalue weighted by Crippen LogP contribution is 2.41. The number of methoxy groups -OCH3 is 2. The van der Waals surface area contributed by atoms with Crippen molar-refractivity contribution in [2.45, 2.75) is 36.1 Å². The molecule has 1 atom stereocenters. The van der Waals surface area contributed by atoms with Gasteiger partial charge in [-0.3, -0.25) is 4.57 Å². The van der Waals surface area contributed by atoms with Crippen molar-refractivity contribution in [2.24, 2.45) is 0 Å². The van der Waals surface area contributed by atoms with E-state index in [0.29, 0.717) is 11.8 Å². The van der Waals surface area contributed by atoms with E-state index >= 15 is 0 Å². The summed E-state index contributed by atoms with van der Waals surface area (Å²) in [5, 5.41) is 13.8. The zero-order valence-corrected chi connectivity index (χ0v) is 18.9. The van der Waals surface area contributed by atoms with Crippen LogP contribution in [0.25, 0.3) is 17.1 Å². The van der Waals surface area contributed by atoms with E-state index in [0.717, 1.165) is 52.4 Å². The number of ether oxygens (including phenoxy) is 2. The summed E-state index contributed by atoms with van der Waals surface area (Å²) in [4.78, 5) is 4.59. The van der Waals surface area contributed by atoms with Gasteiger partial charge in [0.25, 0.3) is 0 Å². The van der Waals surface area contributed by atoms with Crippen LogP contribution in [-0.4, -0.2) is 39.1 Å². The topological polar surface area (TPSA) is 88.1 Å². The summed E-state index contributed by atoms with van der Waals surface area (Å²) in [6.07, 6.45) is 2.27. The number of nitrogens with zero attached hydrogens (tertiary/aromatic N) is 5. The van der Waals surface area contributed by atoms with E-state index in [-0.39, 0.29) is 5.25 Å². The lowest BCUT2D eigenvalue weighted by atomic mass is 10.2. The van der Waals surface area contributed by atoms with Crippen LogP contribution in [0, 0.1) is 0 Å². The molecule has 2 heterocycles. The molecule has 0 saturated heterocycles. The van der Waals surface area contributed by atoms with E-state index in [2.05, 4.69) is 20.3 Å². The van der Waals surface area contributed by atoms with E-state index in [1.54, 1.807) is 14.2 Å². The highest BCUT2D eigenvalue weighted by Gasteiger charge is 2.30. The second kappa shape index (κ2) is 8.66. The average Bonchev–Trinajstić information content (AvgIpc) is 3.42. The second-order valence-electron chi connectivity index (χ2n) is 7.59. The first-order valence-electron chi connectivity index (χ1n) is 10.4. The summed E-state index contributed by atoms with van der Waals surface area (Å²) in [6.45, 7) is 2.04. The lowest BCUT2D eigenvalue weighted by Crippen LogP contribution is -2.01. The molecule has 0 N–H and O–H groups in total. The zero-order chi connectivity index (χ0) is 22.1. The summed E-state index contributed by atoms with van der Waals surface area (Å²) in [6, 6.07) is 15.6. The molecule has 8 nitrogen and oxygen atoms in total. The van der Waals surface area contributed by atoms with Crippen molar-refractivity contribution in [2.75, 3.05) is 14.2 Å². The third-order valence-corrected chi connectivity index (χ3v) is 6.37. The molecular formula is C23H23N5O3S. The maximum Gasteiger partial charge on any atom is 0.239 e. The molecule has 164 valence electrons. The number of rotatable bonds is 8. The molecule has 0 radical (unpaired) electrons. The van der Waals surface area contributed by atoms with Gasteiger partial charge in [-0.15, -0.1) is 10.2 Å². The minimum Gasteiger partial charge on any atom is -0.497 e. The van der Waals surface area contributed by atoms with Gasteiger partial charge in [-0.05, 0) is 68.3 Å². The van der Waals surface area contributed by atoms with Crippen LogP contribution in [0.4, 0.5) is 0 Å². The zero-order valence-electron chi connectivity index (χ0n) is 18.1. The van der Waals surface area contributed by atoms with Gasteiger partial charge in [0.2, 0.25) is 5.89 Å². The number of hydrogen-bond donors (Lipinski definition) is 0. The maximum atomic E-state index is 5.52. The molecule has 2 aromatic carbocycles. The van der Waals surface area contributed by atoms with Gasteiger partial charge in [-0.25, -0.2) is 0 Å². The molecule has 4 aromatic rings. The van der Waals surface area contributed by atoms with Crippen molar-refractivity contribution in [1.82, 2.24) is 24.9 Å². The highest BCUT2D eigenvalue weighted by molar-refractivity contribution is 7.99. The predicted octanol–water partition coefficient (Wildman–Crippen LogP) is 5.07. The molecule has 2 aromatic heterocycles. The summed E-state index contributed by atoms with van der Waals surface area (Å²) in [5.41, 5.74) is 1.86. The molecule has 5 rings (SSSR count). The maximum absolute atomic E-state index is 5.52. The number of hydrogen-bond acceptors (Lipinski definition) is 8. The van der Waals surface area contributed by atoms with E-state index in [9.17, 15) is 0 Å². The molecule has 1 fully saturated rings. The van der Waals surface area contributed by atoms with Crippen LogP contribution in [0.5, 0.6) is 11.5 Å². The van der Waals surface area contributed by atoms with Gasteiger partial charge in [0.15, 0.2) is 16.8 Å². The molecule has 0 bridgehead atoms. The molecule has 1 unspecified atom stereocenters. The molecule has 0 amide bonds. The van der Waals surface area contributed by atoms with Crippen LogP contribution in [0.15, 0.2) is 58.2 Å². The number of aromatic nitrogens is 5. The minimum absolute atomic E-state index is 0.0695. The van der Waals surface area contributed by atoms with Crippen molar-refractivity contribution >= 4 is 11.8 Å². The van der Waals surface area contributed by atoms with Gasteiger partial charge in [0.05, 0.1) is 19.5 Å². The Morgan fingerprint density at radius 3 is 2.25 bits per heavy atom. The van der Waals surface area contributed by atoms with Gasteiger partial charge < -0.3 is 14.0 Å². The second-order valence-corrected chi connectivity index (χ2v) is 8.90. The monoisotopic (exact) mass is 449 g/mol. The summed E-state index contributed by atoms with van der Waals surface area (Å²) >= 11 is 1.53. The SMILES string of the molecule is COc1ccc(-c2nnc(SC(C)c3nc(C4CC4)no3)n2-c2ccc(OC)cc2)cc1. The van der Waals surface area contributed by atoms with Crippen LogP contribution < -0.4 is 9.47 Å². The van der Waals surface area contributed by atoms with Crippen LogP contribution >= 0.6 is 11.8 Å². The lowest BCUT2D eigenvalue weighted by molar-refractivity contribution is 0.374. The van der Waals surface area contributed by atoms with E-state index in [1.807, 2.05) is 60.0 Å².